The van der Waals surface area contributed by atoms with Crippen LogP contribution in [0.15, 0.2) is 12.2 Å². The summed E-state index contributed by atoms with van der Waals surface area (Å²) in [6.07, 6.45) is 5.34. The van der Waals surface area contributed by atoms with Gasteiger partial charge in [0.15, 0.2) is 0 Å². The molecule has 0 saturated heterocycles. The first-order valence-corrected chi connectivity index (χ1v) is 4.51. The molecule has 3 nitrogen and oxygen atoms in total. The number of rotatable bonds is 4. The molecule has 4 heteroatoms. The maximum absolute atomic E-state index is 11.1. The summed E-state index contributed by atoms with van der Waals surface area (Å²) in [4.78, 5) is 10.4. The third kappa shape index (κ3) is 11.5. The van der Waals surface area contributed by atoms with Gasteiger partial charge in [-0.15, -0.1) is 0 Å². The molecule has 0 aliphatic carbocycles. The number of hydrogen-bond donors (Lipinski definition) is 2. The van der Waals surface area contributed by atoms with Crippen molar-refractivity contribution in [2.75, 3.05) is 0 Å². The zero-order chi connectivity index (χ0) is 9.61. The summed E-state index contributed by atoms with van der Waals surface area (Å²) in [7, 11) is 0. The largest absolute Gasteiger partial charge is 0.344 e. The van der Waals surface area contributed by atoms with Gasteiger partial charge in [-0.25, -0.2) is 0 Å². The zero-order valence-corrected chi connectivity index (χ0v) is 9.32. The molecule has 0 aliphatic heterocycles. The quantitative estimate of drug-likeness (QED) is 0.422. The maximum Gasteiger partial charge on any atom is 0.245 e. The van der Waals surface area contributed by atoms with Gasteiger partial charge in [-0.05, 0) is 26.3 Å². The van der Waals surface area contributed by atoms with Crippen molar-refractivity contribution in [3.05, 3.63) is 12.2 Å². The van der Waals surface area contributed by atoms with E-state index in [0.29, 0.717) is 0 Å². The lowest BCUT2D eigenvalue weighted by Crippen LogP contribution is -2.37. The fraction of sp³-hybridized carbons (Fsp3) is 0.667. The van der Waals surface area contributed by atoms with Gasteiger partial charge in [0, 0.05) is 0 Å². The Labute approximate surface area is 85.1 Å². The second-order valence-electron chi connectivity index (χ2n) is 3.15. The number of amides is 1. The van der Waals surface area contributed by atoms with E-state index >= 15 is 0 Å². The maximum atomic E-state index is 11.1. The minimum Gasteiger partial charge on any atom is -0.344 e. The average Bonchev–Trinajstić information content (AvgIpc) is 1.84. The summed E-state index contributed by atoms with van der Waals surface area (Å²) in [5.74, 6) is -0.136. The summed E-state index contributed by atoms with van der Waals surface area (Å²) in [5, 5.41) is 2.62. The van der Waals surface area contributed by atoms with Gasteiger partial charge in [0.05, 0.1) is 0 Å². The molecule has 0 aliphatic rings. The van der Waals surface area contributed by atoms with E-state index in [1.807, 2.05) is 6.08 Å². The molecule has 4 N–H and O–H groups in total. The molecular weight excluding hydrogens is 188 g/mol. The van der Waals surface area contributed by atoms with Crippen molar-refractivity contribution in [2.24, 2.45) is 0 Å². The molecule has 13 heavy (non-hydrogen) atoms. The van der Waals surface area contributed by atoms with Crippen LogP contribution in [0.2, 0.25) is 0 Å². The predicted octanol–water partition coefficient (Wildman–Crippen LogP) is 2.60. The van der Waals surface area contributed by atoms with E-state index in [1.54, 1.807) is 13.8 Å². The van der Waals surface area contributed by atoms with Gasteiger partial charge in [-0.3, -0.25) is 4.79 Å². The van der Waals surface area contributed by atoms with Crippen LogP contribution in [0, 0.1) is 0 Å². The lowest BCUT2D eigenvalue weighted by Gasteiger charge is -2.15. The Morgan fingerprint density at radius 2 is 2.08 bits per heavy atom. The Morgan fingerprint density at radius 1 is 1.54 bits per heavy atom. The van der Waals surface area contributed by atoms with Gasteiger partial charge in [-0.1, -0.05) is 31.0 Å². The Kier molecular flexibility index (Phi) is 7.96. The van der Waals surface area contributed by atoms with Crippen molar-refractivity contribution < 1.29 is 4.79 Å². The smallest absolute Gasteiger partial charge is 0.245 e. The molecule has 0 radical (unpaired) electrons. The monoisotopic (exact) mass is 206 g/mol. The number of carbonyl (C=O) groups excluding carboxylic acids is 1. The highest BCUT2D eigenvalue weighted by Crippen LogP contribution is 2.06. The first kappa shape index (κ1) is 15.0. The van der Waals surface area contributed by atoms with Crippen LogP contribution in [-0.2, 0) is 4.79 Å². The molecule has 0 aromatic rings. The fourth-order valence-corrected chi connectivity index (χ4v) is 0.785. The highest BCUT2D eigenvalue weighted by Gasteiger charge is 2.13. The molecule has 0 atom stereocenters. The van der Waals surface area contributed by atoms with Crippen LogP contribution in [0.1, 0.15) is 33.6 Å². The van der Waals surface area contributed by atoms with Crippen molar-refractivity contribution in [1.82, 2.24) is 11.5 Å². The molecule has 0 fully saturated rings. The number of halogens is 1. The van der Waals surface area contributed by atoms with E-state index in [4.69, 9.17) is 11.6 Å². The summed E-state index contributed by atoms with van der Waals surface area (Å²) >= 11 is 5.77. The van der Waals surface area contributed by atoms with Gasteiger partial charge in [0.25, 0.3) is 0 Å². The number of allylic oxidation sites excluding steroid dienone is 1. The zero-order valence-electron chi connectivity index (χ0n) is 8.56. The molecular formula is C9H19ClN2O. The van der Waals surface area contributed by atoms with Crippen LogP contribution in [-0.4, -0.2) is 10.9 Å². The van der Waals surface area contributed by atoms with Crippen molar-refractivity contribution >= 4 is 17.5 Å². The van der Waals surface area contributed by atoms with Crippen LogP contribution >= 0.6 is 11.6 Å². The average molecular weight is 207 g/mol. The molecule has 1 amide bonds. The van der Waals surface area contributed by atoms with E-state index in [1.165, 1.54) is 6.08 Å². The third-order valence-corrected chi connectivity index (χ3v) is 1.24. The standard InChI is InChI=1S/C9H16ClNO.H3N/c1-4-5-6-7-8(12)11-9(2,3)10;/h6-7H,4-5H2,1-3H3,(H,11,12);1H3. The Bertz CT molecular complexity index is 173. The van der Waals surface area contributed by atoms with E-state index in [9.17, 15) is 4.79 Å². The molecule has 0 heterocycles. The SMILES string of the molecule is CCCC=CC(=O)NC(C)(C)Cl.N. The second-order valence-corrected chi connectivity index (χ2v) is 4.10. The van der Waals surface area contributed by atoms with E-state index in [-0.39, 0.29) is 12.1 Å². The Balaban J connectivity index is 0. The Hall–Kier alpha value is -0.540. The molecule has 0 aromatic heterocycles. The van der Waals surface area contributed by atoms with Crippen molar-refractivity contribution in [3.8, 4) is 0 Å². The summed E-state index contributed by atoms with van der Waals surface area (Å²) in [6.45, 7) is 5.54. The lowest BCUT2D eigenvalue weighted by molar-refractivity contribution is -0.117. The number of carbonyl (C=O) groups is 1. The number of unbranched alkanes of at least 4 members (excludes halogenated alkanes) is 1. The summed E-state index contributed by atoms with van der Waals surface area (Å²) in [5.41, 5.74) is 0. The lowest BCUT2D eigenvalue weighted by atomic mass is 10.3. The fourth-order valence-electron chi connectivity index (χ4n) is 0.692. The molecule has 0 saturated carbocycles. The highest BCUT2D eigenvalue weighted by molar-refractivity contribution is 6.24. The first-order chi connectivity index (χ1) is 5.45. The van der Waals surface area contributed by atoms with E-state index in [0.717, 1.165) is 12.8 Å². The predicted molar refractivity (Wildman–Crippen MR) is 57.1 cm³/mol. The molecule has 0 aromatic carbocycles. The van der Waals surface area contributed by atoms with Crippen LogP contribution < -0.4 is 11.5 Å². The second kappa shape index (κ2) is 6.92. The van der Waals surface area contributed by atoms with Crippen LogP contribution in [0.3, 0.4) is 0 Å². The van der Waals surface area contributed by atoms with Crippen molar-refractivity contribution in [3.63, 3.8) is 0 Å². The minimum atomic E-state index is -0.659. The van der Waals surface area contributed by atoms with Gasteiger partial charge < -0.3 is 11.5 Å². The minimum absolute atomic E-state index is 0. The molecule has 0 rings (SSSR count). The summed E-state index contributed by atoms with van der Waals surface area (Å²) < 4.78 is 0. The molecule has 0 unspecified atom stereocenters. The van der Waals surface area contributed by atoms with Crippen molar-refractivity contribution in [2.45, 2.75) is 38.6 Å². The summed E-state index contributed by atoms with van der Waals surface area (Å²) in [6, 6.07) is 0. The first-order valence-electron chi connectivity index (χ1n) is 4.13. The molecule has 0 bridgehead atoms. The number of nitrogens with one attached hydrogen (secondary N) is 1. The van der Waals surface area contributed by atoms with Gasteiger partial charge in [0.2, 0.25) is 5.91 Å². The highest BCUT2D eigenvalue weighted by atomic mass is 35.5. The van der Waals surface area contributed by atoms with Crippen LogP contribution in [0.5, 0.6) is 0 Å². The number of alkyl halides is 1. The van der Waals surface area contributed by atoms with Gasteiger partial charge in [0.1, 0.15) is 5.00 Å². The Morgan fingerprint density at radius 3 is 2.46 bits per heavy atom. The van der Waals surface area contributed by atoms with Gasteiger partial charge >= 0.3 is 0 Å². The van der Waals surface area contributed by atoms with Crippen molar-refractivity contribution in [1.29, 1.82) is 0 Å². The normalized spacial score (nSPS) is 11.1. The van der Waals surface area contributed by atoms with E-state index < -0.39 is 5.00 Å². The molecule has 78 valence electrons. The van der Waals surface area contributed by atoms with Gasteiger partial charge in [-0.2, -0.15) is 0 Å². The van der Waals surface area contributed by atoms with Crippen LogP contribution in [0.4, 0.5) is 0 Å². The molecule has 0 spiro atoms. The van der Waals surface area contributed by atoms with Crippen LogP contribution in [0.25, 0.3) is 0 Å². The third-order valence-electron chi connectivity index (χ3n) is 1.15. The van der Waals surface area contributed by atoms with E-state index in [2.05, 4.69) is 12.2 Å². The number of hydrogen-bond acceptors (Lipinski definition) is 2. The topological polar surface area (TPSA) is 64.1 Å².